The van der Waals surface area contributed by atoms with Crippen molar-refractivity contribution in [3.63, 3.8) is 0 Å². The van der Waals surface area contributed by atoms with Crippen LogP contribution in [0.2, 0.25) is 0 Å². The highest BCUT2D eigenvalue weighted by Gasteiger charge is 2.34. The largest absolute Gasteiger partial charge is 0.351 e. The highest BCUT2D eigenvalue weighted by Crippen LogP contribution is 2.38. The minimum absolute atomic E-state index is 0.278. The third kappa shape index (κ3) is 2.55. The van der Waals surface area contributed by atoms with Crippen LogP contribution in [-0.2, 0) is 0 Å². The van der Waals surface area contributed by atoms with E-state index in [1.165, 1.54) is 12.8 Å². The summed E-state index contributed by atoms with van der Waals surface area (Å²) in [5.74, 6) is 0.585. The molecule has 0 bridgehead atoms. The fourth-order valence-electron chi connectivity index (χ4n) is 2.44. The average molecular weight is 230 g/mol. The van der Waals surface area contributed by atoms with Crippen LogP contribution in [0.1, 0.15) is 44.5 Å². The lowest BCUT2D eigenvalue weighted by Crippen LogP contribution is -2.31. The third-order valence-electron chi connectivity index (χ3n) is 3.53. The Bertz CT molecular complexity index is 459. The van der Waals surface area contributed by atoms with Crippen molar-refractivity contribution in [2.24, 2.45) is 5.41 Å². The topological polar surface area (TPSA) is 61.6 Å². The van der Waals surface area contributed by atoms with Gasteiger partial charge in [0.05, 0.1) is 0 Å². The summed E-state index contributed by atoms with van der Waals surface area (Å²) in [5.41, 5.74) is 1.53. The second kappa shape index (κ2) is 4.33. The first-order chi connectivity index (χ1) is 8.01. The van der Waals surface area contributed by atoms with Gasteiger partial charge in [0.2, 0.25) is 5.95 Å². The van der Waals surface area contributed by atoms with Crippen molar-refractivity contribution in [3.05, 3.63) is 17.5 Å². The summed E-state index contributed by atoms with van der Waals surface area (Å²) in [5, 5.41) is 12.3. The summed E-state index contributed by atoms with van der Waals surface area (Å²) in [6.07, 6.45) is 3.61. The van der Waals surface area contributed by atoms with Crippen molar-refractivity contribution in [2.75, 3.05) is 5.32 Å². The first kappa shape index (κ1) is 11.8. The normalized spacial score (nSPS) is 22.1. The second-order valence-electron chi connectivity index (χ2n) is 5.41. The van der Waals surface area contributed by atoms with Crippen LogP contribution in [0.5, 0.6) is 0 Å². The predicted octanol–water partition coefficient (Wildman–Crippen LogP) is 2.65. The highest BCUT2D eigenvalue weighted by atomic mass is 15.1. The first-order valence-electron chi connectivity index (χ1n) is 6.03. The maximum Gasteiger partial charge on any atom is 0.224 e. The zero-order valence-electron chi connectivity index (χ0n) is 10.6. The lowest BCUT2D eigenvalue weighted by atomic mass is 9.87. The van der Waals surface area contributed by atoms with Crippen molar-refractivity contribution in [3.8, 4) is 6.07 Å². The van der Waals surface area contributed by atoms with Gasteiger partial charge in [-0.2, -0.15) is 5.26 Å². The van der Waals surface area contributed by atoms with E-state index in [1.54, 1.807) is 6.07 Å². The van der Waals surface area contributed by atoms with Gasteiger partial charge < -0.3 is 5.32 Å². The van der Waals surface area contributed by atoms with Gasteiger partial charge in [-0.15, -0.1) is 0 Å². The van der Waals surface area contributed by atoms with Crippen molar-refractivity contribution in [1.82, 2.24) is 9.97 Å². The Morgan fingerprint density at radius 2 is 2.24 bits per heavy atom. The van der Waals surface area contributed by atoms with E-state index < -0.39 is 0 Å². The van der Waals surface area contributed by atoms with Crippen LogP contribution in [0.3, 0.4) is 0 Å². The quantitative estimate of drug-likeness (QED) is 0.848. The summed E-state index contributed by atoms with van der Waals surface area (Å²) in [6.45, 7) is 6.41. The number of hydrogen-bond acceptors (Lipinski definition) is 4. The van der Waals surface area contributed by atoms with Crippen molar-refractivity contribution in [1.29, 1.82) is 5.26 Å². The standard InChI is InChI=1S/C13H18N4/c1-9-7-10(8-14)16-12(15-9)17-11-5-4-6-13(11,2)3/h7,11H,4-6H2,1-3H3,(H,15,16,17). The van der Waals surface area contributed by atoms with Crippen molar-refractivity contribution < 1.29 is 0 Å². The predicted molar refractivity (Wildman–Crippen MR) is 66.5 cm³/mol. The molecule has 1 aliphatic rings. The fraction of sp³-hybridized carbons (Fsp3) is 0.615. The summed E-state index contributed by atoms with van der Waals surface area (Å²) in [4.78, 5) is 8.54. The smallest absolute Gasteiger partial charge is 0.224 e. The molecule has 1 unspecified atom stereocenters. The summed E-state index contributed by atoms with van der Waals surface area (Å²) >= 11 is 0. The van der Waals surface area contributed by atoms with Gasteiger partial charge in [0, 0.05) is 11.7 Å². The average Bonchev–Trinajstić information content (AvgIpc) is 2.57. The van der Waals surface area contributed by atoms with Crippen LogP contribution in [0.25, 0.3) is 0 Å². The third-order valence-corrected chi connectivity index (χ3v) is 3.53. The van der Waals surface area contributed by atoms with Crippen molar-refractivity contribution in [2.45, 2.75) is 46.1 Å². The van der Waals surface area contributed by atoms with Gasteiger partial charge in [-0.3, -0.25) is 0 Å². The van der Waals surface area contributed by atoms with Gasteiger partial charge in [0.1, 0.15) is 11.8 Å². The van der Waals surface area contributed by atoms with Gasteiger partial charge in [-0.05, 0) is 31.2 Å². The Balaban J connectivity index is 2.19. The zero-order chi connectivity index (χ0) is 12.5. The van der Waals surface area contributed by atoms with E-state index in [9.17, 15) is 0 Å². The highest BCUT2D eigenvalue weighted by molar-refractivity contribution is 5.34. The van der Waals surface area contributed by atoms with E-state index >= 15 is 0 Å². The minimum atomic E-state index is 0.278. The molecular formula is C13H18N4. The van der Waals surface area contributed by atoms with E-state index in [0.29, 0.717) is 17.7 Å². The number of aryl methyl sites for hydroxylation is 1. The molecule has 0 aliphatic heterocycles. The Morgan fingerprint density at radius 1 is 1.47 bits per heavy atom. The molecule has 0 saturated heterocycles. The van der Waals surface area contributed by atoms with Crippen LogP contribution in [0, 0.1) is 23.7 Å². The first-order valence-corrected chi connectivity index (χ1v) is 6.03. The summed E-state index contributed by atoms with van der Waals surface area (Å²) < 4.78 is 0. The molecule has 1 saturated carbocycles. The lowest BCUT2D eigenvalue weighted by molar-refractivity contribution is 0.348. The molecule has 0 amide bonds. The molecule has 17 heavy (non-hydrogen) atoms. The fourth-order valence-corrected chi connectivity index (χ4v) is 2.44. The molecule has 90 valence electrons. The SMILES string of the molecule is Cc1cc(C#N)nc(NC2CCCC2(C)C)n1. The van der Waals surface area contributed by atoms with Gasteiger partial charge in [0.25, 0.3) is 0 Å². The maximum atomic E-state index is 8.88. The Morgan fingerprint density at radius 3 is 2.82 bits per heavy atom. The Labute approximate surface area is 102 Å². The van der Waals surface area contributed by atoms with E-state index in [-0.39, 0.29) is 5.41 Å². The van der Waals surface area contributed by atoms with Crippen molar-refractivity contribution >= 4 is 5.95 Å². The van der Waals surface area contributed by atoms with Crippen LogP contribution in [0.4, 0.5) is 5.95 Å². The number of nitrogens with zero attached hydrogens (tertiary/aromatic N) is 3. The number of nitriles is 1. The monoisotopic (exact) mass is 230 g/mol. The molecule has 1 aromatic rings. The van der Waals surface area contributed by atoms with E-state index in [4.69, 9.17) is 5.26 Å². The number of aromatic nitrogens is 2. The molecule has 0 radical (unpaired) electrons. The number of rotatable bonds is 2. The van der Waals surface area contributed by atoms with Crippen LogP contribution in [0.15, 0.2) is 6.07 Å². The zero-order valence-corrected chi connectivity index (χ0v) is 10.6. The van der Waals surface area contributed by atoms with Gasteiger partial charge in [-0.1, -0.05) is 20.3 Å². The Kier molecular flexibility index (Phi) is 3.01. The van der Waals surface area contributed by atoms with Crippen LogP contribution < -0.4 is 5.32 Å². The summed E-state index contributed by atoms with van der Waals surface area (Å²) in [7, 11) is 0. The number of nitrogens with one attached hydrogen (secondary N) is 1. The summed E-state index contributed by atoms with van der Waals surface area (Å²) in [6, 6.07) is 4.16. The molecule has 0 spiro atoms. The minimum Gasteiger partial charge on any atom is -0.351 e. The molecule has 1 fully saturated rings. The molecular weight excluding hydrogens is 212 g/mol. The molecule has 1 aromatic heterocycles. The molecule has 4 heteroatoms. The maximum absolute atomic E-state index is 8.88. The molecule has 1 aliphatic carbocycles. The van der Waals surface area contributed by atoms with Crippen LogP contribution >= 0.6 is 0 Å². The molecule has 1 heterocycles. The number of hydrogen-bond donors (Lipinski definition) is 1. The van der Waals surface area contributed by atoms with Gasteiger partial charge >= 0.3 is 0 Å². The van der Waals surface area contributed by atoms with Crippen LogP contribution in [-0.4, -0.2) is 16.0 Å². The van der Waals surface area contributed by atoms with Gasteiger partial charge in [-0.25, -0.2) is 9.97 Å². The molecule has 2 rings (SSSR count). The van der Waals surface area contributed by atoms with E-state index in [2.05, 4.69) is 35.2 Å². The molecule has 0 aromatic carbocycles. The lowest BCUT2D eigenvalue weighted by Gasteiger charge is -2.27. The number of anilines is 1. The van der Waals surface area contributed by atoms with E-state index in [1.807, 2.05) is 6.92 Å². The molecule has 4 nitrogen and oxygen atoms in total. The molecule has 1 atom stereocenters. The molecule has 1 N–H and O–H groups in total. The Hall–Kier alpha value is -1.63. The second-order valence-corrected chi connectivity index (χ2v) is 5.41. The van der Waals surface area contributed by atoms with Gasteiger partial charge in [0.15, 0.2) is 0 Å². The van der Waals surface area contributed by atoms with E-state index in [0.717, 1.165) is 12.1 Å².